The van der Waals surface area contributed by atoms with E-state index >= 15 is 0 Å². The van der Waals surface area contributed by atoms with Gasteiger partial charge in [-0.25, -0.2) is 4.39 Å². The van der Waals surface area contributed by atoms with Crippen LogP contribution in [0.15, 0.2) is 34.9 Å². The lowest BCUT2D eigenvalue weighted by molar-refractivity contribution is 0.248. The zero-order valence-corrected chi connectivity index (χ0v) is 10.4. The molecule has 0 atom stereocenters. The van der Waals surface area contributed by atoms with Crippen LogP contribution in [0.2, 0.25) is 0 Å². The Morgan fingerprint density at radius 1 is 1.32 bits per heavy atom. The Labute approximate surface area is 110 Å². The monoisotopic (exact) mass is 262 g/mol. The van der Waals surface area contributed by atoms with Gasteiger partial charge in [0.15, 0.2) is 5.76 Å². The molecule has 100 valence electrons. The average Bonchev–Trinajstić information content (AvgIpc) is 3.15. The number of hydrogen-bond donors (Lipinski definition) is 1. The van der Waals surface area contributed by atoms with Gasteiger partial charge in [0.1, 0.15) is 18.2 Å². The number of benzene rings is 1. The van der Waals surface area contributed by atoms with Crippen LogP contribution in [-0.2, 0) is 13.2 Å². The number of nitrogens with one attached hydrogen (secondary N) is 1. The molecule has 1 N–H and O–H groups in total. The SMILES string of the molecule is Fc1ccc(OCc2cc(CNC3CC3)no2)cc1. The maximum atomic E-state index is 12.7. The summed E-state index contributed by atoms with van der Waals surface area (Å²) < 4.78 is 23.4. The number of aromatic nitrogens is 1. The molecule has 0 spiro atoms. The van der Waals surface area contributed by atoms with Gasteiger partial charge >= 0.3 is 0 Å². The van der Waals surface area contributed by atoms with E-state index in [0.717, 1.165) is 12.2 Å². The Bertz CT molecular complexity index is 535. The van der Waals surface area contributed by atoms with E-state index in [2.05, 4.69) is 10.5 Å². The summed E-state index contributed by atoms with van der Waals surface area (Å²) in [6, 6.07) is 8.42. The third-order valence-corrected chi connectivity index (χ3v) is 2.95. The summed E-state index contributed by atoms with van der Waals surface area (Å²) in [5, 5.41) is 7.33. The van der Waals surface area contributed by atoms with E-state index in [0.29, 0.717) is 24.2 Å². The zero-order chi connectivity index (χ0) is 13.1. The van der Waals surface area contributed by atoms with Crippen molar-refractivity contribution >= 4 is 0 Å². The molecule has 1 aliphatic carbocycles. The van der Waals surface area contributed by atoms with Crippen molar-refractivity contribution in [1.82, 2.24) is 10.5 Å². The first-order valence-electron chi connectivity index (χ1n) is 6.36. The van der Waals surface area contributed by atoms with Crippen LogP contribution in [-0.4, -0.2) is 11.2 Å². The molecular formula is C14H15FN2O2. The quantitative estimate of drug-likeness (QED) is 0.869. The summed E-state index contributed by atoms with van der Waals surface area (Å²) in [4.78, 5) is 0. The highest BCUT2D eigenvalue weighted by Gasteiger charge is 2.20. The standard InChI is InChI=1S/C14H15FN2O2/c15-10-1-5-13(6-2-10)18-9-14-7-12(17-19-14)8-16-11-3-4-11/h1-2,5-7,11,16H,3-4,8-9H2. The van der Waals surface area contributed by atoms with E-state index < -0.39 is 0 Å². The minimum atomic E-state index is -0.277. The largest absolute Gasteiger partial charge is 0.486 e. The number of halogens is 1. The lowest BCUT2D eigenvalue weighted by Gasteiger charge is -2.02. The van der Waals surface area contributed by atoms with Crippen molar-refractivity contribution in [3.63, 3.8) is 0 Å². The maximum Gasteiger partial charge on any atom is 0.174 e. The molecule has 1 saturated carbocycles. The van der Waals surface area contributed by atoms with Crippen LogP contribution in [0.25, 0.3) is 0 Å². The molecule has 0 amide bonds. The van der Waals surface area contributed by atoms with Crippen molar-refractivity contribution in [1.29, 1.82) is 0 Å². The second-order valence-electron chi connectivity index (χ2n) is 4.68. The fraction of sp³-hybridized carbons (Fsp3) is 0.357. The molecule has 5 heteroatoms. The molecule has 0 unspecified atom stereocenters. The molecular weight excluding hydrogens is 247 g/mol. The van der Waals surface area contributed by atoms with Crippen molar-refractivity contribution in [3.05, 3.63) is 47.6 Å². The Kier molecular flexibility index (Phi) is 3.46. The van der Waals surface area contributed by atoms with Crippen molar-refractivity contribution < 1.29 is 13.7 Å². The second kappa shape index (κ2) is 5.40. The number of rotatable bonds is 6. The molecule has 0 radical (unpaired) electrons. The number of ether oxygens (including phenoxy) is 1. The minimum absolute atomic E-state index is 0.277. The highest BCUT2D eigenvalue weighted by molar-refractivity contribution is 5.22. The van der Waals surface area contributed by atoms with Gasteiger partial charge < -0.3 is 14.6 Å². The predicted octanol–water partition coefficient (Wildman–Crippen LogP) is 2.64. The van der Waals surface area contributed by atoms with Gasteiger partial charge in [0.05, 0.1) is 5.69 Å². The summed E-state index contributed by atoms with van der Waals surface area (Å²) in [7, 11) is 0. The highest BCUT2D eigenvalue weighted by Crippen LogP contribution is 2.19. The molecule has 0 saturated heterocycles. The first kappa shape index (κ1) is 12.2. The van der Waals surface area contributed by atoms with Gasteiger partial charge in [-0.2, -0.15) is 0 Å². The van der Waals surface area contributed by atoms with Crippen LogP contribution in [0.3, 0.4) is 0 Å². The van der Waals surface area contributed by atoms with Crippen molar-refractivity contribution in [3.8, 4) is 5.75 Å². The summed E-state index contributed by atoms with van der Waals surface area (Å²) in [5.74, 6) is 0.993. The summed E-state index contributed by atoms with van der Waals surface area (Å²) in [6.45, 7) is 1.02. The predicted molar refractivity (Wildman–Crippen MR) is 67.1 cm³/mol. The third kappa shape index (κ3) is 3.54. The molecule has 1 aromatic heterocycles. The zero-order valence-electron chi connectivity index (χ0n) is 10.4. The van der Waals surface area contributed by atoms with Gasteiger partial charge in [0, 0.05) is 18.7 Å². The van der Waals surface area contributed by atoms with Crippen LogP contribution in [0.1, 0.15) is 24.3 Å². The summed E-state index contributed by atoms with van der Waals surface area (Å²) >= 11 is 0. The van der Waals surface area contributed by atoms with Crippen LogP contribution in [0, 0.1) is 5.82 Å². The van der Waals surface area contributed by atoms with Crippen LogP contribution >= 0.6 is 0 Å². The molecule has 0 aliphatic heterocycles. The second-order valence-corrected chi connectivity index (χ2v) is 4.68. The van der Waals surface area contributed by atoms with Crippen molar-refractivity contribution in [2.24, 2.45) is 0 Å². The summed E-state index contributed by atoms with van der Waals surface area (Å²) in [6.07, 6.45) is 2.50. The molecule has 3 rings (SSSR count). The maximum absolute atomic E-state index is 12.7. The van der Waals surface area contributed by atoms with Crippen molar-refractivity contribution in [2.75, 3.05) is 0 Å². The first-order chi connectivity index (χ1) is 9.29. The van der Waals surface area contributed by atoms with E-state index in [4.69, 9.17) is 9.26 Å². The normalized spacial score (nSPS) is 14.6. The molecule has 1 aliphatic rings. The molecule has 1 aromatic carbocycles. The van der Waals surface area contributed by atoms with Gasteiger partial charge in [-0.15, -0.1) is 0 Å². The first-order valence-corrected chi connectivity index (χ1v) is 6.36. The topological polar surface area (TPSA) is 47.3 Å². The number of nitrogens with zero attached hydrogens (tertiary/aromatic N) is 1. The fourth-order valence-electron chi connectivity index (χ4n) is 1.73. The highest BCUT2D eigenvalue weighted by atomic mass is 19.1. The molecule has 4 nitrogen and oxygen atoms in total. The van der Waals surface area contributed by atoms with E-state index in [1.54, 1.807) is 12.1 Å². The fourth-order valence-corrected chi connectivity index (χ4v) is 1.73. The molecule has 0 bridgehead atoms. The van der Waals surface area contributed by atoms with E-state index in [9.17, 15) is 4.39 Å². The molecule has 1 heterocycles. The lowest BCUT2D eigenvalue weighted by Crippen LogP contribution is -2.15. The minimum Gasteiger partial charge on any atom is -0.486 e. The average molecular weight is 262 g/mol. The smallest absolute Gasteiger partial charge is 0.174 e. The van der Waals surface area contributed by atoms with Crippen LogP contribution in [0.5, 0.6) is 5.75 Å². The Morgan fingerprint density at radius 2 is 2.11 bits per heavy atom. The Hall–Kier alpha value is -1.88. The Morgan fingerprint density at radius 3 is 2.84 bits per heavy atom. The van der Waals surface area contributed by atoms with Crippen LogP contribution < -0.4 is 10.1 Å². The Balaban J connectivity index is 1.50. The van der Waals surface area contributed by atoms with Gasteiger partial charge in [-0.3, -0.25) is 0 Å². The molecule has 1 fully saturated rings. The van der Waals surface area contributed by atoms with E-state index in [1.165, 1.54) is 25.0 Å². The van der Waals surface area contributed by atoms with Gasteiger partial charge in [-0.05, 0) is 37.1 Å². The molecule has 2 aromatic rings. The third-order valence-electron chi connectivity index (χ3n) is 2.95. The summed E-state index contributed by atoms with van der Waals surface area (Å²) in [5.41, 5.74) is 0.879. The van der Waals surface area contributed by atoms with Gasteiger partial charge in [0.2, 0.25) is 0 Å². The number of hydrogen-bond acceptors (Lipinski definition) is 4. The van der Waals surface area contributed by atoms with E-state index in [1.807, 2.05) is 6.07 Å². The van der Waals surface area contributed by atoms with Crippen LogP contribution in [0.4, 0.5) is 4.39 Å². The lowest BCUT2D eigenvalue weighted by atomic mass is 10.3. The van der Waals surface area contributed by atoms with E-state index in [-0.39, 0.29) is 5.82 Å². The van der Waals surface area contributed by atoms with Gasteiger partial charge in [-0.1, -0.05) is 5.16 Å². The van der Waals surface area contributed by atoms with Gasteiger partial charge in [0.25, 0.3) is 0 Å². The van der Waals surface area contributed by atoms with Crippen molar-refractivity contribution in [2.45, 2.75) is 32.0 Å². The molecule has 19 heavy (non-hydrogen) atoms.